The van der Waals surface area contributed by atoms with Gasteiger partial charge < -0.3 is 5.11 Å². The normalized spacial score (nSPS) is 11.7. The lowest BCUT2D eigenvalue weighted by Gasteiger charge is -1.98. The molecule has 2 nitrogen and oxygen atoms in total. The predicted molar refractivity (Wildman–Crippen MR) is 101 cm³/mol. The minimum absolute atomic E-state index is 0.324. The van der Waals surface area contributed by atoms with Gasteiger partial charge in [-0.15, -0.1) is 0 Å². The van der Waals surface area contributed by atoms with Gasteiger partial charge in [0.1, 0.15) is 0 Å². The molecule has 0 heterocycles. The van der Waals surface area contributed by atoms with Crippen LogP contribution >= 0.6 is 0 Å². The summed E-state index contributed by atoms with van der Waals surface area (Å²) in [6, 6.07) is 0. The third-order valence-electron chi connectivity index (χ3n) is 4.09. The molecule has 0 aliphatic heterocycles. The summed E-state index contributed by atoms with van der Waals surface area (Å²) in [7, 11) is 0. The van der Waals surface area contributed by atoms with Gasteiger partial charge in [0.2, 0.25) is 0 Å². The van der Waals surface area contributed by atoms with E-state index in [-0.39, 0.29) is 0 Å². The van der Waals surface area contributed by atoms with Crippen LogP contribution in [-0.2, 0) is 4.79 Å². The van der Waals surface area contributed by atoms with Crippen molar-refractivity contribution < 1.29 is 9.90 Å². The number of carbonyl (C=O) groups is 1. The van der Waals surface area contributed by atoms with Gasteiger partial charge in [-0.25, -0.2) is 0 Å². The van der Waals surface area contributed by atoms with Gasteiger partial charge in [-0.1, -0.05) is 82.6 Å². The van der Waals surface area contributed by atoms with Crippen molar-refractivity contribution in [2.75, 3.05) is 0 Å². The number of carboxylic acids is 1. The molecule has 0 saturated carbocycles. The largest absolute Gasteiger partial charge is 0.481 e. The zero-order valence-corrected chi connectivity index (χ0v) is 15.3. The molecule has 0 radical (unpaired) electrons. The highest BCUT2D eigenvalue weighted by Gasteiger charge is 1.95. The summed E-state index contributed by atoms with van der Waals surface area (Å²) in [4.78, 5) is 10.4. The smallest absolute Gasteiger partial charge is 0.303 e. The summed E-state index contributed by atoms with van der Waals surface area (Å²) in [6.45, 7) is 2.26. The quantitative estimate of drug-likeness (QED) is 0.230. The Bertz CT molecular complexity index is 305. The molecular formula is C21H38O2. The van der Waals surface area contributed by atoms with E-state index in [0.29, 0.717) is 6.42 Å². The summed E-state index contributed by atoms with van der Waals surface area (Å²) < 4.78 is 0. The first kappa shape index (κ1) is 21.9. The Morgan fingerprint density at radius 1 is 0.696 bits per heavy atom. The highest BCUT2D eigenvalue weighted by Crippen LogP contribution is 2.09. The van der Waals surface area contributed by atoms with E-state index in [1.807, 2.05) is 0 Å². The highest BCUT2D eigenvalue weighted by molar-refractivity contribution is 5.66. The van der Waals surface area contributed by atoms with Gasteiger partial charge >= 0.3 is 5.97 Å². The number of unbranched alkanes of at least 4 members (excludes halogenated alkanes) is 11. The number of rotatable bonds is 17. The molecule has 1 N–H and O–H groups in total. The van der Waals surface area contributed by atoms with Crippen LogP contribution in [0.25, 0.3) is 0 Å². The zero-order chi connectivity index (χ0) is 17.0. The number of hydrogen-bond acceptors (Lipinski definition) is 1. The van der Waals surface area contributed by atoms with Crippen LogP contribution < -0.4 is 0 Å². The molecular weight excluding hydrogens is 284 g/mol. The second kappa shape index (κ2) is 19.0. The Kier molecular flexibility index (Phi) is 18.1. The molecule has 0 bridgehead atoms. The van der Waals surface area contributed by atoms with Crippen LogP contribution in [0.15, 0.2) is 24.3 Å². The molecule has 0 aliphatic carbocycles. The van der Waals surface area contributed by atoms with Crippen LogP contribution in [0.5, 0.6) is 0 Å². The Hall–Kier alpha value is -1.05. The lowest BCUT2D eigenvalue weighted by Crippen LogP contribution is -1.93. The molecule has 0 spiro atoms. The van der Waals surface area contributed by atoms with Gasteiger partial charge in [-0.05, 0) is 38.5 Å². The molecule has 0 unspecified atom stereocenters. The number of aliphatic carboxylic acids is 1. The van der Waals surface area contributed by atoms with E-state index in [1.54, 1.807) is 0 Å². The number of hydrogen-bond donors (Lipinski definition) is 1. The molecule has 0 amide bonds. The molecule has 0 saturated heterocycles. The average Bonchev–Trinajstić information content (AvgIpc) is 2.53. The van der Waals surface area contributed by atoms with Gasteiger partial charge in [0.05, 0.1) is 0 Å². The van der Waals surface area contributed by atoms with Crippen molar-refractivity contribution in [3.63, 3.8) is 0 Å². The second-order valence-electron chi connectivity index (χ2n) is 6.44. The lowest BCUT2D eigenvalue weighted by molar-refractivity contribution is -0.137. The van der Waals surface area contributed by atoms with Crippen molar-refractivity contribution in [3.8, 4) is 0 Å². The van der Waals surface area contributed by atoms with Crippen molar-refractivity contribution >= 4 is 5.97 Å². The fraction of sp³-hybridized carbons (Fsp3) is 0.762. The molecule has 0 aromatic rings. The van der Waals surface area contributed by atoms with E-state index in [2.05, 4.69) is 31.2 Å². The van der Waals surface area contributed by atoms with E-state index < -0.39 is 5.97 Å². The fourth-order valence-corrected chi connectivity index (χ4v) is 2.62. The second-order valence-corrected chi connectivity index (χ2v) is 6.44. The Morgan fingerprint density at radius 3 is 1.70 bits per heavy atom. The van der Waals surface area contributed by atoms with E-state index in [4.69, 9.17) is 5.11 Å². The van der Waals surface area contributed by atoms with E-state index in [9.17, 15) is 4.79 Å². The standard InChI is InChI=1S/C21H38O2/c1-2-3-4-5-6-7-8-9-10-11-12-13-14-15-16-17-18-19-20-21(22)23/h9-10,12-13H,2-8,11,14-20H2,1H3,(H,22,23)/b10-9-,13-12-. The molecule has 0 aromatic heterocycles. The van der Waals surface area contributed by atoms with Crippen LogP contribution in [0, 0.1) is 0 Å². The summed E-state index contributed by atoms with van der Waals surface area (Å²) in [5.41, 5.74) is 0. The molecule has 23 heavy (non-hydrogen) atoms. The Morgan fingerprint density at radius 2 is 1.17 bits per heavy atom. The molecule has 0 aliphatic rings. The van der Waals surface area contributed by atoms with Gasteiger partial charge in [0.25, 0.3) is 0 Å². The van der Waals surface area contributed by atoms with Crippen LogP contribution in [0.1, 0.15) is 103 Å². The SMILES string of the molecule is CCCCCCCC/C=C\C/C=C\CCCCCCCC(=O)O. The molecule has 134 valence electrons. The van der Waals surface area contributed by atoms with Gasteiger partial charge in [0.15, 0.2) is 0 Å². The Labute approximate surface area is 144 Å². The van der Waals surface area contributed by atoms with Crippen LogP contribution in [0.4, 0.5) is 0 Å². The topological polar surface area (TPSA) is 37.3 Å². The zero-order valence-electron chi connectivity index (χ0n) is 15.3. The molecule has 0 fully saturated rings. The predicted octanol–water partition coefficient (Wildman–Crippen LogP) is 7.05. The van der Waals surface area contributed by atoms with Crippen LogP contribution in [0.2, 0.25) is 0 Å². The first-order valence-electron chi connectivity index (χ1n) is 9.79. The van der Waals surface area contributed by atoms with Crippen molar-refractivity contribution in [1.82, 2.24) is 0 Å². The van der Waals surface area contributed by atoms with Crippen molar-refractivity contribution in [2.45, 2.75) is 103 Å². The van der Waals surface area contributed by atoms with Gasteiger partial charge in [-0.3, -0.25) is 4.79 Å². The van der Waals surface area contributed by atoms with Crippen LogP contribution in [-0.4, -0.2) is 11.1 Å². The van der Waals surface area contributed by atoms with E-state index in [0.717, 1.165) is 25.7 Å². The summed E-state index contributed by atoms with van der Waals surface area (Å²) in [6.07, 6.45) is 26.7. The van der Waals surface area contributed by atoms with Gasteiger partial charge in [-0.2, -0.15) is 0 Å². The monoisotopic (exact) mass is 322 g/mol. The number of carboxylic acid groups (broad SMARTS) is 1. The maximum Gasteiger partial charge on any atom is 0.303 e. The minimum Gasteiger partial charge on any atom is -0.481 e. The van der Waals surface area contributed by atoms with E-state index in [1.165, 1.54) is 64.2 Å². The minimum atomic E-state index is -0.669. The summed E-state index contributed by atoms with van der Waals surface area (Å²) in [5, 5.41) is 8.53. The average molecular weight is 323 g/mol. The van der Waals surface area contributed by atoms with Crippen molar-refractivity contribution in [2.24, 2.45) is 0 Å². The van der Waals surface area contributed by atoms with E-state index >= 15 is 0 Å². The first-order valence-corrected chi connectivity index (χ1v) is 9.79. The summed E-state index contributed by atoms with van der Waals surface area (Å²) in [5.74, 6) is -0.669. The summed E-state index contributed by atoms with van der Waals surface area (Å²) >= 11 is 0. The highest BCUT2D eigenvalue weighted by atomic mass is 16.4. The third kappa shape index (κ3) is 21.0. The van der Waals surface area contributed by atoms with Crippen molar-refractivity contribution in [1.29, 1.82) is 0 Å². The molecule has 0 rings (SSSR count). The van der Waals surface area contributed by atoms with Gasteiger partial charge in [0, 0.05) is 6.42 Å². The van der Waals surface area contributed by atoms with Crippen LogP contribution in [0.3, 0.4) is 0 Å². The third-order valence-corrected chi connectivity index (χ3v) is 4.09. The lowest BCUT2D eigenvalue weighted by atomic mass is 10.1. The fourth-order valence-electron chi connectivity index (χ4n) is 2.62. The Balaban J connectivity index is 3.18. The first-order chi connectivity index (χ1) is 11.3. The maximum absolute atomic E-state index is 10.4. The molecule has 0 aromatic carbocycles. The molecule has 0 atom stereocenters. The number of allylic oxidation sites excluding steroid dienone is 4. The molecule has 2 heteroatoms. The maximum atomic E-state index is 10.4. The van der Waals surface area contributed by atoms with Crippen molar-refractivity contribution in [3.05, 3.63) is 24.3 Å².